The van der Waals surface area contributed by atoms with Crippen LogP contribution < -0.4 is 10.6 Å². The number of rotatable bonds is 5. The van der Waals surface area contributed by atoms with E-state index in [2.05, 4.69) is 20.6 Å². The number of carbonyl (C=O) groups excluding carboxylic acids is 1. The summed E-state index contributed by atoms with van der Waals surface area (Å²) in [5.74, 6) is -2.16. The van der Waals surface area contributed by atoms with Crippen molar-refractivity contribution in [1.82, 2.24) is 15.3 Å². The van der Waals surface area contributed by atoms with Gasteiger partial charge in [0.1, 0.15) is 23.6 Å². The van der Waals surface area contributed by atoms with Crippen molar-refractivity contribution in [2.45, 2.75) is 6.54 Å². The molecule has 7 heteroatoms. The highest BCUT2D eigenvalue weighted by Crippen LogP contribution is 2.17. The number of amides is 1. The second-order valence-corrected chi connectivity index (χ2v) is 3.95. The van der Waals surface area contributed by atoms with Crippen molar-refractivity contribution in [2.75, 3.05) is 11.9 Å². The zero-order chi connectivity index (χ0) is 14.4. The third kappa shape index (κ3) is 3.79. The Morgan fingerprint density at radius 1 is 1.20 bits per heavy atom. The van der Waals surface area contributed by atoms with Crippen molar-refractivity contribution >= 4 is 11.6 Å². The summed E-state index contributed by atoms with van der Waals surface area (Å²) >= 11 is 0. The Morgan fingerprint density at radius 2 is 1.95 bits per heavy atom. The number of hydrogen-bond donors (Lipinski definition) is 2. The highest BCUT2D eigenvalue weighted by Gasteiger charge is 2.11. The minimum Gasteiger partial charge on any atom is -0.320 e. The predicted octanol–water partition coefficient (Wildman–Crippen LogP) is 1.48. The van der Waals surface area contributed by atoms with Crippen LogP contribution in [0.4, 0.5) is 14.5 Å². The van der Waals surface area contributed by atoms with Crippen LogP contribution in [0, 0.1) is 11.6 Å². The van der Waals surface area contributed by atoms with Gasteiger partial charge in [0, 0.05) is 12.7 Å². The lowest BCUT2D eigenvalue weighted by molar-refractivity contribution is -0.115. The molecule has 20 heavy (non-hydrogen) atoms. The van der Waals surface area contributed by atoms with Gasteiger partial charge in [-0.15, -0.1) is 0 Å². The summed E-state index contributed by atoms with van der Waals surface area (Å²) < 4.78 is 26.6. The van der Waals surface area contributed by atoms with Crippen molar-refractivity contribution in [2.24, 2.45) is 0 Å². The monoisotopic (exact) mass is 278 g/mol. The average Bonchev–Trinajstić information content (AvgIpc) is 2.44. The number of carbonyl (C=O) groups is 1. The first-order chi connectivity index (χ1) is 9.66. The van der Waals surface area contributed by atoms with Crippen molar-refractivity contribution in [3.63, 3.8) is 0 Å². The Balaban J connectivity index is 1.84. The normalized spacial score (nSPS) is 10.3. The van der Waals surface area contributed by atoms with Gasteiger partial charge in [0.15, 0.2) is 0 Å². The van der Waals surface area contributed by atoms with Crippen LogP contribution in [0.3, 0.4) is 0 Å². The van der Waals surface area contributed by atoms with Crippen molar-refractivity contribution in [1.29, 1.82) is 0 Å². The third-order valence-corrected chi connectivity index (χ3v) is 2.46. The Labute approximate surface area is 114 Å². The number of nitrogens with one attached hydrogen (secondary N) is 2. The Bertz CT molecular complexity index is 572. The number of aromatic nitrogens is 2. The van der Waals surface area contributed by atoms with E-state index in [-0.39, 0.29) is 6.54 Å². The maximum absolute atomic E-state index is 13.3. The fourth-order valence-electron chi connectivity index (χ4n) is 1.53. The smallest absolute Gasteiger partial charge is 0.238 e. The molecule has 2 N–H and O–H groups in total. The lowest BCUT2D eigenvalue weighted by Crippen LogP contribution is -2.28. The van der Waals surface area contributed by atoms with Crippen molar-refractivity contribution in [3.8, 4) is 0 Å². The topological polar surface area (TPSA) is 66.9 Å². The largest absolute Gasteiger partial charge is 0.320 e. The molecule has 0 atom stereocenters. The Morgan fingerprint density at radius 3 is 2.60 bits per heavy atom. The van der Waals surface area contributed by atoms with E-state index in [9.17, 15) is 13.6 Å². The molecule has 0 saturated heterocycles. The van der Waals surface area contributed by atoms with Crippen LogP contribution in [-0.2, 0) is 11.3 Å². The van der Waals surface area contributed by atoms with Crippen LogP contribution in [0.1, 0.15) is 5.69 Å². The van der Waals surface area contributed by atoms with Gasteiger partial charge in [0.2, 0.25) is 5.91 Å². The molecule has 1 amide bonds. The first kappa shape index (κ1) is 14.0. The van der Waals surface area contributed by atoms with E-state index in [1.54, 1.807) is 12.3 Å². The summed E-state index contributed by atoms with van der Waals surface area (Å²) in [5, 5.41) is 4.99. The molecule has 104 valence electrons. The molecule has 0 fully saturated rings. The van der Waals surface area contributed by atoms with E-state index in [1.807, 2.05) is 0 Å². The molecule has 0 spiro atoms. The summed E-state index contributed by atoms with van der Waals surface area (Å²) in [5.41, 5.74) is 0.270. The molecule has 0 saturated carbocycles. The molecule has 0 unspecified atom stereocenters. The molecule has 0 bridgehead atoms. The Hall–Kier alpha value is -2.41. The molecule has 0 aliphatic rings. The molecule has 2 aromatic rings. The fourth-order valence-corrected chi connectivity index (χ4v) is 1.53. The minimum atomic E-state index is -0.811. The molecule has 0 aliphatic heterocycles. The van der Waals surface area contributed by atoms with Gasteiger partial charge in [-0.05, 0) is 18.2 Å². The van der Waals surface area contributed by atoms with Crippen LogP contribution >= 0.6 is 0 Å². The van der Waals surface area contributed by atoms with Crippen molar-refractivity contribution < 1.29 is 13.6 Å². The zero-order valence-electron chi connectivity index (χ0n) is 10.4. The minimum absolute atomic E-state index is 0.0855. The molecule has 5 nitrogen and oxygen atoms in total. The maximum Gasteiger partial charge on any atom is 0.238 e. The molecule has 0 radical (unpaired) electrons. The lowest BCUT2D eigenvalue weighted by atomic mass is 10.3. The standard InChI is InChI=1S/C13H12F2N4O/c14-10-2-1-3-11(15)13(10)19-12(20)7-17-6-9-4-5-16-8-18-9/h1-5,8,17H,6-7H2,(H,19,20). The summed E-state index contributed by atoms with van der Waals surface area (Å²) in [6.07, 6.45) is 2.98. The van der Waals surface area contributed by atoms with Gasteiger partial charge in [-0.3, -0.25) is 4.79 Å². The quantitative estimate of drug-likeness (QED) is 0.869. The molecule has 1 heterocycles. The van der Waals surface area contributed by atoms with Gasteiger partial charge >= 0.3 is 0 Å². The van der Waals surface area contributed by atoms with Crippen LogP contribution in [-0.4, -0.2) is 22.4 Å². The molecular formula is C13H12F2N4O. The number of nitrogens with zero attached hydrogens (tertiary/aromatic N) is 2. The van der Waals surface area contributed by atoms with Crippen LogP contribution in [0.25, 0.3) is 0 Å². The van der Waals surface area contributed by atoms with Crippen LogP contribution in [0.5, 0.6) is 0 Å². The molecule has 1 aromatic heterocycles. The summed E-state index contributed by atoms with van der Waals surface area (Å²) in [4.78, 5) is 19.3. The lowest BCUT2D eigenvalue weighted by Gasteiger charge is -2.08. The van der Waals surface area contributed by atoms with E-state index in [4.69, 9.17) is 0 Å². The van der Waals surface area contributed by atoms with Gasteiger partial charge in [0.05, 0.1) is 12.2 Å². The maximum atomic E-state index is 13.3. The number of halogens is 2. The highest BCUT2D eigenvalue weighted by molar-refractivity contribution is 5.92. The second-order valence-electron chi connectivity index (χ2n) is 3.95. The highest BCUT2D eigenvalue weighted by atomic mass is 19.1. The van der Waals surface area contributed by atoms with E-state index in [0.717, 1.165) is 12.1 Å². The molecule has 2 rings (SSSR count). The van der Waals surface area contributed by atoms with Gasteiger partial charge in [-0.2, -0.15) is 0 Å². The summed E-state index contributed by atoms with van der Waals surface area (Å²) in [6, 6.07) is 5.08. The van der Waals surface area contributed by atoms with Gasteiger partial charge in [0.25, 0.3) is 0 Å². The van der Waals surface area contributed by atoms with E-state index < -0.39 is 23.2 Å². The SMILES string of the molecule is O=C(CNCc1ccncn1)Nc1c(F)cccc1F. The first-order valence-electron chi connectivity index (χ1n) is 5.86. The van der Waals surface area contributed by atoms with Gasteiger partial charge in [-0.1, -0.05) is 6.07 Å². The molecular weight excluding hydrogens is 266 g/mol. The van der Waals surface area contributed by atoms with Crippen molar-refractivity contribution in [3.05, 3.63) is 54.1 Å². The fraction of sp³-hybridized carbons (Fsp3) is 0.154. The van der Waals surface area contributed by atoms with E-state index in [0.29, 0.717) is 12.2 Å². The summed E-state index contributed by atoms with van der Waals surface area (Å²) in [6.45, 7) is 0.271. The number of anilines is 1. The van der Waals surface area contributed by atoms with E-state index in [1.165, 1.54) is 12.4 Å². The average molecular weight is 278 g/mol. The first-order valence-corrected chi connectivity index (χ1v) is 5.86. The van der Waals surface area contributed by atoms with E-state index >= 15 is 0 Å². The second kappa shape index (κ2) is 6.67. The number of hydrogen-bond acceptors (Lipinski definition) is 4. The predicted molar refractivity (Wildman–Crippen MR) is 68.7 cm³/mol. The number of benzene rings is 1. The summed E-state index contributed by atoms with van der Waals surface area (Å²) in [7, 11) is 0. The van der Waals surface area contributed by atoms with Crippen LogP contribution in [0.2, 0.25) is 0 Å². The zero-order valence-corrected chi connectivity index (χ0v) is 10.4. The van der Waals surface area contributed by atoms with Gasteiger partial charge in [-0.25, -0.2) is 18.7 Å². The Kier molecular flexibility index (Phi) is 4.67. The number of para-hydroxylation sites is 1. The van der Waals surface area contributed by atoms with Crippen LogP contribution in [0.15, 0.2) is 36.8 Å². The van der Waals surface area contributed by atoms with Gasteiger partial charge < -0.3 is 10.6 Å². The third-order valence-electron chi connectivity index (χ3n) is 2.46. The molecule has 0 aliphatic carbocycles. The molecule has 1 aromatic carbocycles.